The minimum atomic E-state index is -4.41. The highest BCUT2D eigenvalue weighted by molar-refractivity contribution is 7.93. The summed E-state index contributed by atoms with van der Waals surface area (Å²) in [7, 11) is 0. The van der Waals surface area contributed by atoms with Crippen LogP contribution in [0.2, 0.25) is 0 Å². The molecular weight excluding hydrogens is 583 g/mol. The van der Waals surface area contributed by atoms with E-state index in [9.17, 15) is 18.0 Å². The average molecular weight is 616 g/mol. The number of aromatic nitrogens is 4. The molecule has 228 valence electrons. The third-order valence-corrected chi connectivity index (χ3v) is 7.46. The maximum absolute atomic E-state index is 13.2. The van der Waals surface area contributed by atoms with E-state index < -0.39 is 36.9 Å². The Morgan fingerprint density at radius 1 is 1.12 bits per heavy atom. The monoisotopic (exact) mass is 615 g/mol. The van der Waals surface area contributed by atoms with Crippen LogP contribution in [0.4, 0.5) is 29.6 Å². The van der Waals surface area contributed by atoms with Crippen molar-refractivity contribution in [1.82, 2.24) is 23.8 Å². The van der Waals surface area contributed by atoms with Crippen molar-refractivity contribution in [3.8, 4) is 17.0 Å². The van der Waals surface area contributed by atoms with Gasteiger partial charge in [-0.15, -0.1) is 0 Å². The SMILES string of the molecule is CC(C)(C)OC(=O)N(CCC(F)(F)F)C1CCN(c2ccnc3c2c(-c2ccnc(N)n2)cn3SOc2ccccc2)C1. The molecule has 0 saturated carbocycles. The lowest BCUT2D eigenvalue weighted by molar-refractivity contribution is -0.138. The Bertz CT molecular complexity index is 1580. The van der Waals surface area contributed by atoms with Gasteiger partial charge < -0.3 is 24.5 Å². The first kappa shape index (κ1) is 30.3. The van der Waals surface area contributed by atoms with Gasteiger partial charge in [0, 0.05) is 43.8 Å². The number of para-hydroxylation sites is 1. The van der Waals surface area contributed by atoms with E-state index in [0.717, 1.165) is 28.9 Å². The molecule has 43 heavy (non-hydrogen) atoms. The van der Waals surface area contributed by atoms with Crippen LogP contribution in [0.15, 0.2) is 61.1 Å². The Morgan fingerprint density at radius 2 is 1.86 bits per heavy atom. The van der Waals surface area contributed by atoms with Crippen LogP contribution in [0.5, 0.6) is 5.75 Å². The summed E-state index contributed by atoms with van der Waals surface area (Å²) in [5, 5.41) is 0.754. The zero-order valence-electron chi connectivity index (χ0n) is 23.9. The summed E-state index contributed by atoms with van der Waals surface area (Å²) in [6, 6.07) is 12.4. The number of nitrogen functional groups attached to an aromatic ring is 1. The Balaban J connectivity index is 1.49. The largest absolute Gasteiger partial charge is 0.444 e. The number of pyridine rings is 1. The van der Waals surface area contributed by atoms with Crippen LogP contribution < -0.4 is 14.8 Å². The number of halogens is 3. The second-order valence-electron chi connectivity index (χ2n) is 11.1. The predicted molar refractivity (Wildman–Crippen MR) is 159 cm³/mol. The van der Waals surface area contributed by atoms with E-state index in [2.05, 4.69) is 15.0 Å². The van der Waals surface area contributed by atoms with Crippen molar-refractivity contribution < 1.29 is 26.9 Å². The molecular formula is C29H32F3N7O3S. The van der Waals surface area contributed by atoms with Crippen molar-refractivity contribution >= 4 is 41.0 Å². The van der Waals surface area contributed by atoms with Crippen molar-refractivity contribution in [2.45, 2.75) is 51.4 Å². The number of hydrogen-bond acceptors (Lipinski definition) is 9. The van der Waals surface area contributed by atoms with E-state index in [4.69, 9.17) is 14.7 Å². The van der Waals surface area contributed by atoms with Gasteiger partial charge in [-0.05, 0) is 51.5 Å². The van der Waals surface area contributed by atoms with Crippen LogP contribution in [0.25, 0.3) is 22.3 Å². The van der Waals surface area contributed by atoms with Crippen molar-refractivity contribution in [2.75, 3.05) is 30.3 Å². The van der Waals surface area contributed by atoms with E-state index >= 15 is 0 Å². The number of rotatable bonds is 8. The lowest BCUT2D eigenvalue weighted by atomic mass is 10.1. The highest BCUT2D eigenvalue weighted by atomic mass is 32.2. The molecule has 1 aliphatic heterocycles. The molecule has 0 bridgehead atoms. The predicted octanol–water partition coefficient (Wildman–Crippen LogP) is 6.33. The number of nitrogens with zero attached hydrogens (tertiary/aromatic N) is 6. The molecule has 1 atom stereocenters. The first-order chi connectivity index (χ1) is 20.4. The average Bonchev–Trinajstić information content (AvgIpc) is 3.56. The molecule has 1 fully saturated rings. The van der Waals surface area contributed by atoms with Crippen LogP contribution in [0, 0.1) is 0 Å². The van der Waals surface area contributed by atoms with Crippen LogP contribution in [0.1, 0.15) is 33.6 Å². The molecule has 1 aromatic carbocycles. The summed E-state index contributed by atoms with van der Waals surface area (Å²) in [5.74, 6) is 0.762. The van der Waals surface area contributed by atoms with Crippen molar-refractivity contribution in [3.63, 3.8) is 0 Å². The zero-order valence-corrected chi connectivity index (χ0v) is 24.7. The molecule has 1 aliphatic rings. The van der Waals surface area contributed by atoms with Gasteiger partial charge >= 0.3 is 12.3 Å². The van der Waals surface area contributed by atoms with Crippen LogP contribution in [0.3, 0.4) is 0 Å². The minimum Gasteiger partial charge on any atom is -0.444 e. The Hall–Kier alpha value is -4.20. The number of hydrogen-bond donors (Lipinski definition) is 1. The summed E-state index contributed by atoms with van der Waals surface area (Å²) in [6.45, 7) is 5.38. The van der Waals surface area contributed by atoms with Crippen molar-refractivity contribution in [2.24, 2.45) is 0 Å². The highest BCUT2D eigenvalue weighted by Crippen LogP contribution is 2.39. The van der Waals surface area contributed by atoms with Crippen molar-refractivity contribution in [3.05, 3.63) is 61.1 Å². The second kappa shape index (κ2) is 12.2. The number of alkyl halides is 3. The zero-order chi connectivity index (χ0) is 30.8. The molecule has 3 aromatic heterocycles. The van der Waals surface area contributed by atoms with Gasteiger partial charge in [-0.2, -0.15) is 13.2 Å². The Kier molecular flexibility index (Phi) is 8.58. The number of carbonyl (C=O) groups is 1. The highest BCUT2D eigenvalue weighted by Gasteiger charge is 2.37. The fourth-order valence-electron chi connectivity index (χ4n) is 4.91. The standard InChI is InChI=1S/C29H32F3N7O3S/c1-28(2,3)41-27(40)38(16-12-29(30,31)32)19-11-15-37(17-19)23-10-14-34-25-24(23)21(22-9-13-35-26(33)36-22)18-39(25)43-42-20-7-5-4-6-8-20/h4-10,13-14,18-19H,11-12,15-17H2,1-3H3,(H2,33,35,36). The van der Waals surface area contributed by atoms with Crippen LogP contribution in [-0.2, 0) is 4.74 Å². The topological polar surface area (TPSA) is 112 Å². The van der Waals surface area contributed by atoms with Gasteiger partial charge in [0.25, 0.3) is 0 Å². The number of fused-ring (bicyclic) bond motifs is 1. The molecule has 4 aromatic rings. The van der Waals surface area contributed by atoms with Gasteiger partial charge in [0.2, 0.25) is 5.95 Å². The summed E-state index contributed by atoms with van der Waals surface area (Å²) in [6.07, 6.45) is -0.756. The first-order valence-corrected chi connectivity index (χ1v) is 14.4. The van der Waals surface area contributed by atoms with E-state index in [1.54, 1.807) is 43.2 Å². The van der Waals surface area contributed by atoms with E-state index in [-0.39, 0.29) is 5.95 Å². The molecule has 10 nitrogen and oxygen atoms in total. The maximum Gasteiger partial charge on any atom is 0.410 e. The number of anilines is 2. The van der Waals surface area contributed by atoms with E-state index in [0.29, 0.717) is 36.6 Å². The van der Waals surface area contributed by atoms with Gasteiger partial charge in [0.1, 0.15) is 11.4 Å². The normalized spacial score (nSPS) is 15.6. The summed E-state index contributed by atoms with van der Waals surface area (Å²) in [5.41, 5.74) is 7.74. The van der Waals surface area contributed by atoms with Crippen LogP contribution in [-0.4, -0.2) is 67.4 Å². The Labute approximate surface area is 251 Å². The number of amides is 1. The van der Waals surface area contributed by atoms with Gasteiger partial charge in [-0.1, -0.05) is 18.2 Å². The van der Waals surface area contributed by atoms with Gasteiger partial charge in [-0.3, -0.25) is 0 Å². The lowest BCUT2D eigenvalue weighted by Crippen LogP contribution is -2.46. The number of benzene rings is 1. The summed E-state index contributed by atoms with van der Waals surface area (Å²) >= 11 is 1.08. The molecule has 5 rings (SSSR count). The van der Waals surface area contributed by atoms with Crippen molar-refractivity contribution in [1.29, 1.82) is 0 Å². The number of nitrogens with two attached hydrogens (primary N) is 1. The van der Waals surface area contributed by atoms with Crippen LogP contribution >= 0.6 is 12.2 Å². The second-order valence-corrected chi connectivity index (χ2v) is 11.8. The first-order valence-electron chi connectivity index (χ1n) is 13.7. The lowest BCUT2D eigenvalue weighted by Gasteiger charge is -2.32. The number of carbonyl (C=O) groups excluding carboxylic acids is 1. The fourth-order valence-corrected chi connectivity index (χ4v) is 5.55. The van der Waals surface area contributed by atoms with Gasteiger partial charge in [0.05, 0.1) is 29.2 Å². The molecule has 4 heterocycles. The number of ether oxygens (including phenoxy) is 1. The summed E-state index contributed by atoms with van der Waals surface area (Å²) in [4.78, 5) is 29.3. The van der Waals surface area contributed by atoms with E-state index in [1.807, 2.05) is 47.5 Å². The van der Waals surface area contributed by atoms with Gasteiger partial charge in [0.15, 0.2) is 17.9 Å². The molecule has 0 aliphatic carbocycles. The summed E-state index contributed by atoms with van der Waals surface area (Å²) < 4.78 is 52.8. The molecule has 0 spiro atoms. The molecule has 1 saturated heterocycles. The minimum absolute atomic E-state index is 0.107. The smallest absolute Gasteiger partial charge is 0.410 e. The molecule has 0 radical (unpaired) electrons. The van der Waals surface area contributed by atoms with Gasteiger partial charge in [-0.25, -0.2) is 23.7 Å². The molecule has 1 amide bonds. The molecule has 2 N–H and O–H groups in total. The third kappa shape index (κ3) is 7.42. The molecule has 1 unspecified atom stereocenters. The maximum atomic E-state index is 13.2. The van der Waals surface area contributed by atoms with E-state index in [1.165, 1.54) is 4.90 Å². The quantitative estimate of drug-likeness (QED) is 0.227. The fraction of sp³-hybridized carbons (Fsp3) is 0.379. The Morgan fingerprint density at radius 3 is 2.56 bits per heavy atom. The third-order valence-electron chi connectivity index (χ3n) is 6.75. The molecule has 14 heteroatoms.